The molecule has 0 bridgehead atoms. The summed E-state index contributed by atoms with van der Waals surface area (Å²) >= 11 is 0. The smallest absolute Gasteiger partial charge is 0.219 e. The summed E-state index contributed by atoms with van der Waals surface area (Å²) in [5, 5.41) is 0. The number of hydrogen-bond acceptors (Lipinski definition) is 8. The number of amides is 1. The Balaban J connectivity index is 1.23. The molecule has 42 heavy (non-hydrogen) atoms. The standard InChI is InChI=1S/C31H30FN7O3/c1-19-35-15-21(16-36-19)18-41-26-12-24(32)13-27(14-26)42-25-7-5-22(6-8-25)28-29-30(33)34-9-11-39(29)31(37-28)23-4-3-10-38(17-23)20(2)40/h5-9,11-16,23H,3-4,10,17-18H2,1-2H3,(H2,33,34)/t23-/m1/s1. The largest absolute Gasteiger partial charge is 0.489 e. The van der Waals surface area contributed by atoms with Gasteiger partial charge in [-0.25, -0.2) is 24.3 Å². The molecule has 6 rings (SSSR count). The first-order valence-electron chi connectivity index (χ1n) is 13.7. The summed E-state index contributed by atoms with van der Waals surface area (Å²) in [6, 6.07) is 11.6. The minimum Gasteiger partial charge on any atom is -0.489 e. The van der Waals surface area contributed by atoms with Crippen LogP contribution in [-0.4, -0.2) is 48.2 Å². The lowest BCUT2D eigenvalue weighted by atomic mass is 9.97. The van der Waals surface area contributed by atoms with E-state index in [2.05, 4.69) is 15.0 Å². The van der Waals surface area contributed by atoms with E-state index in [4.69, 9.17) is 20.2 Å². The van der Waals surface area contributed by atoms with Gasteiger partial charge in [-0.2, -0.15) is 0 Å². The van der Waals surface area contributed by atoms with Crippen LogP contribution in [0, 0.1) is 12.7 Å². The molecule has 1 fully saturated rings. The number of fused-ring (bicyclic) bond motifs is 1. The van der Waals surface area contributed by atoms with E-state index >= 15 is 0 Å². The number of anilines is 1. The number of hydrogen-bond donors (Lipinski definition) is 1. The van der Waals surface area contributed by atoms with Gasteiger partial charge in [-0.1, -0.05) is 0 Å². The molecule has 0 saturated carbocycles. The van der Waals surface area contributed by atoms with Crippen LogP contribution >= 0.6 is 0 Å². The van der Waals surface area contributed by atoms with Gasteiger partial charge in [0, 0.05) is 80.0 Å². The Hall–Kier alpha value is -5.06. The number of likely N-dealkylation sites (tertiary alicyclic amines) is 1. The lowest BCUT2D eigenvalue weighted by Gasteiger charge is -2.31. The lowest BCUT2D eigenvalue weighted by molar-refractivity contribution is -0.130. The molecule has 1 saturated heterocycles. The number of piperidine rings is 1. The molecule has 5 aromatic rings. The van der Waals surface area contributed by atoms with Crippen molar-refractivity contribution in [3.8, 4) is 28.5 Å². The molecule has 0 aliphatic carbocycles. The zero-order chi connectivity index (χ0) is 29.2. The van der Waals surface area contributed by atoms with E-state index in [1.54, 1.807) is 50.6 Å². The van der Waals surface area contributed by atoms with Gasteiger partial charge in [0.05, 0.1) is 0 Å². The van der Waals surface area contributed by atoms with E-state index in [1.165, 1.54) is 12.1 Å². The van der Waals surface area contributed by atoms with E-state index in [1.807, 2.05) is 27.6 Å². The van der Waals surface area contributed by atoms with Crippen molar-refractivity contribution in [2.24, 2.45) is 0 Å². The van der Waals surface area contributed by atoms with E-state index < -0.39 is 5.82 Å². The zero-order valence-corrected chi connectivity index (χ0v) is 23.3. The Bertz CT molecular complexity index is 1740. The fraction of sp³-hybridized carbons (Fsp3) is 0.258. The summed E-state index contributed by atoms with van der Waals surface area (Å²) in [5.41, 5.74) is 9.34. The highest BCUT2D eigenvalue weighted by molar-refractivity contribution is 5.85. The Morgan fingerprint density at radius 3 is 2.60 bits per heavy atom. The monoisotopic (exact) mass is 567 g/mol. The second kappa shape index (κ2) is 11.4. The number of ether oxygens (including phenoxy) is 2. The van der Waals surface area contributed by atoms with Crippen LogP contribution in [0.2, 0.25) is 0 Å². The molecule has 2 aromatic carbocycles. The molecule has 0 spiro atoms. The Morgan fingerprint density at radius 1 is 1.07 bits per heavy atom. The number of nitrogens with zero attached hydrogens (tertiary/aromatic N) is 6. The Labute approximate surface area is 242 Å². The van der Waals surface area contributed by atoms with Crippen molar-refractivity contribution >= 4 is 17.2 Å². The van der Waals surface area contributed by atoms with Crippen LogP contribution < -0.4 is 15.2 Å². The molecule has 3 aromatic heterocycles. The second-order valence-electron chi connectivity index (χ2n) is 10.3. The molecule has 0 radical (unpaired) electrons. The van der Waals surface area contributed by atoms with Gasteiger partial charge >= 0.3 is 0 Å². The average Bonchev–Trinajstić information content (AvgIpc) is 3.38. The molecule has 1 amide bonds. The highest BCUT2D eigenvalue weighted by Gasteiger charge is 2.28. The summed E-state index contributed by atoms with van der Waals surface area (Å²) in [7, 11) is 0. The van der Waals surface area contributed by atoms with E-state index in [0.29, 0.717) is 46.6 Å². The van der Waals surface area contributed by atoms with Crippen molar-refractivity contribution < 1.29 is 18.7 Å². The van der Waals surface area contributed by atoms with Crippen molar-refractivity contribution in [1.82, 2.24) is 29.2 Å². The molecular formula is C31H30FN7O3. The van der Waals surface area contributed by atoms with Gasteiger partial charge in [0.2, 0.25) is 5.91 Å². The number of aromatic nitrogens is 5. The average molecular weight is 568 g/mol. The quantitative estimate of drug-likeness (QED) is 0.281. The van der Waals surface area contributed by atoms with Crippen LogP contribution in [0.5, 0.6) is 17.2 Å². The maximum atomic E-state index is 14.4. The van der Waals surface area contributed by atoms with Crippen molar-refractivity contribution in [3.05, 3.63) is 90.3 Å². The molecule has 4 heterocycles. The van der Waals surface area contributed by atoms with E-state index in [-0.39, 0.29) is 18.4 Å². The van der Waals surface area contributed by atoms with E-state index in [9.17, 15) is 9.18 Å². The van der Waals surface area contributed by atoms with Crippen LogP contribution in [0.3, 0.4) is 0 Å². The summed E-state index contributed by atoms with van der Waals surface area (Å²) in [4.78, 5) is 31.5. The topological polar surface area (TPSA) is 121 Å². The van der Waals surface area contributed by atoms with Crippen LogP contribution in [-0.2, 0) is 11.4 Å². The minimum absolute atomic E-state index is 0.0652. The zero-order valence-electron chi connectivity index (χ0n) is 23.3. The van der Waals surface area contributed by atoms with Gasteiger partial charge in [-0.3, -0.25) is 9.20 Å². The number of nitrogens with two attached hydrogens (primary N) is 1. The number of aryl methyl sites for hydroxylation is 1. The summed E-state index contributed by atoms with van der Waals surface area (Å²) in [5.74, 6) is 2.69. The van der Waals surface area contributed by atoms with Gasteiger partial charge in [0.15, 0.2) is 0 Å². The molecule has 0 unspecified atom stereocenters. The maximum Gasteiger partial charge on any atom is 0.219 e. The number of nitrogen functional groups attached to an aromatic ring is 1. The number of carbonyl (C=O) groups is 1. The Morgan fingerprint density at radius 2 is 1.83 bits per heavy atom. The first kappa shape index (κ1) is 27.1. The lowest BCUT2D eigenvalue weighted by Crippen LogP contribution is -2.38. The predicted octanol–water partition coefficient (Wildman–Crippen LogP) is 5.31. The van der Waals surface area contributed by atoms with Gasteiger partial charge in [-0.05, 0) is 44.0 Å². The second-order valence-corrected chi connectivity index (χ2v) is 10.3. The summed E-state index contributed by atoms with van der Waals surface area (Å²) in [6.07, 6.45) is 8.70. The third kappa shape index (κ3) is 5.71. The molecule has 1 aliphatic heterocycles. The number of carbonyl (C=O) groups excluding carboxylic acids is 1. The predicted molar refractivity (Wildman–Crippen MR) is 155 cm³/mol. The Kier molecular flexibility index (Phi) is 7.39. The van der Waals surface area contributed by atoms with Crippen molar-refractivity contribution in [2.45, 2.75) is 39.2 Å². The third-order valence-electron chi connectivity index (χ3n) is 7.29. The highest BCUT2D eigenvalue weighted by Crippen LogP contribution is 2.35. The minimum atomic E-state index is -0.481. The molecular weight excluding hydrogens is 537 g/mol. The fourth-order valence-corrected chi connectivity index (χ4v) is 5.21. The normalized spacial score (nSPS) is 15.1. The highest BCUT2D eigenvalue weighted by atomic mass is 19.1. The fourth-order valence-electron chi connectivity index (χ4n) is 5.21. The number of rotatable bonds is 7. The number of halogens is 1. The molecule has 1 atom stereocenters. The first-order valence-corrected chi connectivity index (χ1v) is 13.7. The molecule has 214 valence electrons. The molecule has 11 heteroatoms. The molecule has 10 nitrogen and oxygen atoms in total. The third-order valence-corrected chi connectivity index (χ3v) is 7.29. The number of benzene rings is 2. The summed E-state index contributed by atoms with van der Waals surface area (Å²) < 4.78 is 28.1. The van der Waals surface area contributed by atoms with Crippen LogP contribution in [0.15, 0.2) is 67.3 Å². The van der Waals surface area contributed by atoms with Crippen LogP contribution in [0.4, 0.5) is 10.2 Å². The SMILES string of the molecule is CC(=O)N1CCC[C@@H](c2nc(-c3ccc(Oc4cc(F)cc(OCc5cnc(C)nc5)c4)cc3)c3c(N)nccn23)C1. The first-order chi connectivity index (χ1) is 20.3. The van der Waals surface area contributed by atoms with Crippen molar-refractivity contribution in [3.63, 3.8) is 0 Å². The van der Waals surface area contributed by atoms with Gasteiger partial charge in [-0.15, -0.1) is 0 Å². The van der Waals surface area contributed by atoms with Crippen molar-refractivity contribution in [1.29, 1.82) is 0 Å². The van der Waals surface area contributed by atoms with Crippen LogP contribution in [0.25, 0.3) is 16.8 Å². The van der Waals surface area contributed by atoms with E-state index in [0.717, 1.165) is 36.3 Å². The molecule has 2 N–H and O–H groups in total. The van der Waals surface area contributed by atoms with Gasteiger partial charge in [0.1, 0.15) is 58.3 Å². The number of imidazole rings is 1. The molecule has 1 aliphatic rings. The van der Waals surface area contributed by atoms with Gasteiger partial charge in [0.25, 0.3) is 0 Å². The summed E-state index contributed by atoms with van der Waals surface area (Å²) in [6.45, 7) is 4.97. The maximum absolute atomic E-state index is 14.4. The van der Waals surface area contributed by atoms with Gasteiger partial charge < -0.3 is 20.1 Å². The van der Waals surface area contributed by atoms with Crippen molar-refractivity contribution in [2.75, 3.05) is 18.8 Å². The van der Waals surface area contributed by atoms with Crippen LogP contribution in [0.1, 0.15) is 42.9 Å².